The summed E-state index contributed by atoms with van der Waals surface area (Å²) in [4.78, 5) is 24.6. The Morgan fingerprint density at radius 1 is 0.338 bits per heavy atom. The number of aliphatic hydroxyl groups is 2. The van der Waals surface area contributed by atoms with Crippen LogP contribution in [0.1, 0.15) is 425 Å². The first-order chi connectivity index (χ1) is 39.5. The van der Waals surface area contributed by atoms with E-state index in [0.29, 0.717) is 25.9 Å². The van der Waals surface area contributed by atoms with Crippen LogP contribution in [0, 0.1) is 0 Å². The summed E-state index contributed by atoms with van der Waals surface area (Å²) in [6.45, 7) is 5.00. The first-order valence-electron chi connectivity index (χ1n) is 36.9. The first kappa shape index (κ1) is 78.6. The lowest BCUT2D eigenvalue weighted by atomic mass is 10.0. The summed E-state index contributed by atoms with van der Waals surface area (Å²) in [7, 11) is 0. The van der Waals surface area contributed by atoms with Crippen LogP contribution in [0.15, 0.2) is 12.2 Å². The number of hydrogen-bond acceptors (Lipinski definition) is 5. The molecule has 0 rings (SSSR count). The summed E-state index contributed by atoms with van der Waals surface area (Å²) in [5.41, 5.74) is 0. The summed E-state index contributed by atoms with van der Waals surface area (Å²) in [5.74, 6) is -0.00927. The van der Waals surface area contributed by atoms with Crippen molar-refractivity contribution in [1.29, 1.82) is 0 Å². The summed E-state index contributed by atoms with van der Waals surface area (Å²) in [6.07, 6.45) is 87.0. The van der Waals surface area contributed by atoms with Crippen molar-refractivity contribution in [3.8, 4) is 0 Å². The Morgan fingerprint density at radius 2 is 0.588 bits per heavy atom. The predicted octanol–water partition coefficient (Wildman–Crippen LogP) is 23.9. The number of unbranched alkanes of at least 4 members (excludes halogenated alkanes) is 57. The maximum absolute atomic E-state index is 12.5. The van der Waals surface area contributed by atoms with Gasteiger partial charge in [0.05, 0.1) is 25.4 Å². The van der Waals surface area contributed by atoms with E-state index in [9.17, 15) is 19.8 Å². The standard InChI is InChI=1S/C74H145NO5/c1-3-5-7-9-11-13-15-17-19-21-32-36-40-44-48-52-56-60-64-68-74(79)80-69-65-61-57-53-49-45-41-37-34-31-29-27-25-23-22-24-26-28-30-33-35-39-43-47-51-55-59-63-67-73(78)75-71(70-76)72(77)66-62-58-54-50-46-42-38-20-18-16-14-12-10-8-6-4-2/h22-23,71-72,76-77H,3-21,24-70H2,1-2H3,(H,75,78)/b23-22-. The molecule has 0 aromatic carbocycles. The normalized spacial score (nSPS) is 12.5. The SMILES string of the molecule is CCCCCCCCCCCCCCCCCCCCCC(=O)OCCCCCCCCCCCCCC/C=C\CCCCCCCCCCCCCCC(=O)NC(CO)C(O)CCCCCCCCCCCCCCCCCC. The van der Waals surface area contributed by atoms with E-state index in [2.05, 4.69) is 31.3 Å². The summed E-state index contributed by atoms with van der Waals surface area (Å²) in [6, 6.07) is -0.541. The third-order valence-corrected chi connectivity index (χ3v) is 17.6. The van der Waals surface area contributed by atoms with Crippen molar-refractivity contribution >= 4 is 11.9 Å². The molecule has 0 bridgehead atoms. The van der Waals surface area contributed by atoms with Gasteiger partial charge in [0.2, 0.25) is 5.91 Å². The van der Waals surface area contributed by atoms with Gasteiger partial charge in [0.15, 0.2) is 0 Å². The molecule has 476 valence electrons. The third-order valence-electron chi connectivity index (χ3n) is 17.6. The van der Waals surface area contributed by atoms with E-state index in [4.69, 9.17) is 4.74 Å². The van der Waals surface area contributed by atoms with Crippen LogP contribution < -0.4 is 5.32 Å². The summed E-state index contributed by atoms with van der Waals surface area (Å²) in [5, 5.41) is 23.4. The van der Waals surface area contributed by atoms with Crippen LogP contribution in [-0.4, -0.2) is 47.4 Å². The minimum Gasteiger partial charge on any atom is -0.466 e. The number of carbonyl (C=O) groups is 2. The van der Waals surface area contributed by atoms with Gasteiger partial charge in [-0.05, 0) is 51.4 Å². The van der Waals surface area contributed by atoms with Crippen molar-refractivity contribution < 1.29 is 24.5 Å². The number of allylic oxidation sites excluding steroid dienone is 2. The number of amides is 1. The van der Waals surface area contributed by atoms with Gasteiger partial charge in [-0.3, -0.25) is 9.59 Å². The second kappa shape index (κ2) is 70.1. The molecule has 0 saturated carbocycles. The molecular weight excluding hydrogens is 983 g/mol. The molecule has 0 heterocycles. The molecule has 2 unspecified atom stereocenters. The molecular formula is C74H145NO5. The number of esters is 1. The van der Waals surface area contributed by atoms with E-state index in [-0.39, 0.29) is 18.5 Å². The number of aliphatic hydroxyl groups excluding tert-OH is 2. The van der Waals surface area contributed by atoms with Crippen LogP contribution in [0.25, 0.3) is 0 Å². The lowest BCUT2D eigenvalue weighted by Crippen LogP contribution is -2.45. The van der Waals surface area contributed by atoms with Gasteiger partial charge in [0, 0.05) is 12.8 Å². The number of rotatable bonds is 70. The van der Waals surface area contributed by atoms with Crippen molar-refractivity contribution in [1.82, 2.24) is 5.32 Å². The summed E-state index contributed by atoms with van der Waals surface area (Å²) >= 11 is 0. The zero-order valence-corrected chi connectivity index (χ0v) is 54.6. The molecule has 0 aliphatic carbocycles. The maximum Gasteiger partial charge on any atom is 0.305 e. The predicted molar refractivity (Wildman–Crippen MR) is 352 cm³/mol. The minimum absolute atomic E-state index is 0.0218. The quantitative estimate of drug-likeness (QED) is 0.0320. The van der Waals surface area contributed by atoms with Gasteiger partial charge in [-0.1, -0.05) is 373 Å². The molecule has 80 heavy (non-hydrogen) atoms. The Balaban J connectivity index is 3.34. The molecule has 0 aliphatic rings. The fourth-order valence-electron chi connectivity index (χ4n) is 11.9. The van der Waals surface area contributed by atoms with Gasteiger partial charge >= 0.3 is 5.97 Å². The highest BCUT2D eigenvalue weighted by Crippen LogP contribution is 2.19. The zero-order valence-electron chi connectivity index (χ0n) is 54.6. The van der Waals surface area contributed by atoms with Crippen LogP contribution in [0.3, 0.4) is 0 Å². The molecule has 0 aromatic heterocycles. The molecule has 3 N–H and O–H groups in total. The Hall–Kier alpha value is -1.40. The Bertz CT molecular complexity index is 1210. The van der Waals surface area contributed by atoms with Crippen molar-refractivity contribution in [3.63, 3.8) is 0 Å². The molecule has 0 saturated heterocycles. The molecule has 0 radical (unpaired) electrons. The average Bonchev–Trinajstić information content (AvgIpc) is 3.46. The molecule has 0 spiro atoms. The van der Waals surface area contributed by atoms with E-state index in [0.717, 1.165) is 38.5 Å². The third kappa shape index (κ3) is 65.7. The number of ether oxygens (including phenoxy) is 1. The van der Waals surface area contributed by atoms with E-state index >= 15 is 0 Å². The van der Waals surface area contributed by atoms with Gasteiger partial charge in [0.1, 0.15) is 0 Å². The molecule has 2 atom stereocenters. The highest BCUT2D eigenvalue weighted by Gasteiger charge is 2.20. The Labute approximate surface area is 501 Å². The first-order valence-corrected chi connectivity index (χ1v) is 36.9. The van der Waals surface area contributed by atoms with E-state index in [1.165, 1.54) is 353 Å². The average molecular weight is 1130 g/mol. The lowest BCUT2D eigenvalue weighted by Gasteiger charge is -2.22. The maximum atomic E-state index is 12.5. The van der Waals surface area contributed by atoms with Crippen molar-refractivity contribution in [3.05, 3.63) is 12.2 Å². The van der Waals surface area contributed by atoms with Gasteiger partial charge in [-0.15, -0.1) is 0 Å². The van der Waals surface area contributed by atoms with E-state index in [1.807, 2.05) is 0 Å². The van der Waals surface area contributed by atoms with E-state index < -0.39 is 12.1 Å². The second-order valence-electron chi connectivity index (χ2n) is 25.6. The fraction of sp³-hybridized carbons (Fsp3) is 0.946. The van der Waals surface area contributed by atoms with Crippen LogP contribution in [0.4, 0.5) is 0 Å². The van der Waals surface area contributed by atoms with Gasteiger partial charge in [-0.25, -0.2) is 0 Å². The molecule has 0 fully saturated rings. The summed E-state index contributed by atoms with van der Waals surface area (Å²) < 4.78 is 5.52. The Kier molecular flexibility index (Phi) is 68.9. The van der Waals surface area contributed by atoms with Crippen molar-refractivity contribution in [2.45, 2.75) is 437 Å². The van der Waals surface area contributed by atoms with Gasteiger partial charge in [-0.2, -0.15) is 0 Å². The van der Waals surface area contributed by atoms with E-state index in [1.54, 1.807) is 0 Å². The highest BCUT2D eigenvalue weighted by atomic mass is 16.5. The molecule has 0 aromatic rings. The largest absolute Gasteiger partial charge is 0.466 e. The van der Waals surface area contributed by atoms with Crippen LogP contribution in [0.5, 0.6) is 0 Å². The Morgan fingerprint density at radius 3 is 0.887 bits per heavy atom. The zero-order chi connectivity index (χ0) is 57.8. The minimum atomic E-state index is -0.664. The van der Waals surface area contributed by atoms with Crippen LogP contribution >= 0.6 is 0 Å². The number of nitrogens with one attached hydrogen (secondary N) is 1. The van der Waals surface area contributed by atoms with Crippen LogP contribution in [-0.2, 0) is 14.3 Å². The van der Waals surface area contributed by atoms with Crippen molar-refractivity contribution in [2.75, 3.05) is 13.2 Å². The highest BCUT2D eigenvalue weighted by molar-refractivity contribution is 5.76. The molecule has 6 heteroatoms. The molecule has 0 aliphatic heterocycles. The number of carbonyl (C=O) groups excluding carboxylic acids is 2. The molecule has 1 amide bonds. The smallest absolute Gasteiger partial charge is 0.305 e. The van der Waals surface area contributed by atoms with Gasteiger partial charge < -0.3 is 20.3 Å². The fourth-order valence-corrected chi connectivity index (χ4v) is 11.9. The second-order valence-corrected chi connectivity index (χ2v) is 25.6. The van der Waals surface area contributed by atoms with Crippen molar-refractivity contribution in [2.24, 2.45) is 0 Å². The van der Waals surface area contributed by atoms with Crippen LogP contribution in [0.2, 0.25) is 0 Å². The topological polar surface area (TPSA) is 95.9 Å². The lowest BCUT2D eigenvalue weighted by molar-refractivity contribution is -0.143. The number of hydrogen-bond donors (Lipinski definition) is 3. The molecule has 6 nitrogen and oxygen atoms in total. The van der Waals surface area contributed by atoms with Gasteiger partial charge in [0.25, 0.3) is 0 Å². The monoisotopic (exact) mass is 1130 g/mol.